The van der Waals surface area contributed by atoms with Crippen LogP contribution in [0.1, 0.15) is 46.9 Å². The molecule has 0 radical (unpaired) electrons. The van der Waals surface area contributed by atoms with Gasteiger partial charge in [-0.1, -0.05) is 38.1 Å². The molecule has 0 aliphatic heterocycles. The van der Waals surface area contributed by atoms with Gasteiger partial charge in [0.05, 0.1) is 9.73 Å². The molecule has 0 bridgehead atoms. The third-order valence-corrected chi connectivity index (χ3v) is 6.12. The van der Waals surface area contributed by atoms with Gasteiger partial charge in [0.1, 0.15) is 11.3 Å². The number of benzene rings is 2. The second-order valence-corrected chi connectivity index (χ2v) is 10.1. The van der Waals surface area contributed by atoms with Crippen molar-refractivity contribution < 1.29 is 26.9 Å². The summed E-state index contributed by atoms with van der Waals surface area (Å²) in [7, 11) is -3.07. The van der Waals surface area contributed by atoms with Gasteiger partial charge in [0.15, 0.2) is 5.69 Å². The van der Waals surface area contributed by atoms with Crippen molar-refractivity contribution in [3.8, 4) is 11.6 Å². The van der Waals surface area contributed by atoms with Crippen molar-refractivity contribution in [3.63, 3.8) is 0 Å². The van der Waals surface area contributed by atoms with Crippen LogP contribution in [-0.4, -0.2) is 26.6 Å². The Kier molecular flexibility index (Phi) is 6.97. The lowest BCUT2D eigenvalue weighted by molar-refractivity contribution is -0.142. The highest BCUT2D eigenvalue weighted by Crippen LogP contribution is 2.36. The Morgan fingerprint density at radius 2 is 1.79 bits per heavy atom. The van der Waals surface area contributed by atoms with E-state index in [9.17, 15) is 22.2 Å². The molecule has 1 unspecified atom stereocenters. The SMILES string of the molecule is Cc1c(C(F)(F)F)nnc(Oc2ccccc2C(C)C)c1C(=O)Nc1cccc(S(C)(=N)=O)c1. The average Bonchev–Trinajstić information content (AvgIpc) is 2.72. The molecule has 2 N–H and O–H groups in total. The molecule has 1 heterocycles. The van der Waals surface area contributed by atoms with E-state index in [1.54, 1.807) is 24.3 Å². The van der Waals surface area contributed by atoms with E-state index in [1.165, 1.54) is 30.5 Å². The van der Waals surface area contributed by atoms with Gasteiger partial charge in [-0.05, 0) is 48.2 Å². The predicted molar refractivity (Wildman–Crippen MR) is 122 cm³/mol. The highest BCUT2D eigenvalue weighted by Gasteiger charge is 2.38. The number of aromatic nitrogens is 2. The molecule has 1 amide bonds. The number of anilines is 1. The van der Waals surface area contributed by atoms with Crippen LogP contribution in [0.4, 0.5) is 18.9 Å². The van der Waals surface area contributed by atoms with Gasteiger partial charge in [0.2, 0.25) is 0 Å². The van der Waals surface area contributed by atoms with E-state index in [1.807, 2.05) is 13.8 Å². The summed E-state index contributed by atoms with van der Waals surface area (Å²) in [5, 5.41) is 9.36. The molecule has 3 rings (SSSR count). The maximum absolute atomic E-state index is 13.5. The van der Waals surface area contributed by atoms with Gasteiger partial charge in [-0.15, -0.1) is 10.2 Å². The van der Waals surface area contributed by atoms with E-state index in [0.717, 1.165) is 12.5 Å². The van der Waals surface area contributed by atoms with Crippen LogP contribution in [-0.2, 0) is 15.9 Å². The first-order valence-electron chi connectivity index (χ1n) is 10.2. The minimum Gasteiger partial charge on any atom is -0.437 e. The Bertz CT molecular complexity index is 1340. The smallest absolute Gasteiger partial charge is 0.435 e. The summed E-state index contributed by atoms with van der Waals surface area (Å²) in [4.78, 5) is 13.3. The van der Waals surface area contributed by atoms with E-state index in [0.29, 0.717) is 5.75 Å². The van der Waals surface area contributed by atoms with Crippen molar-refractivity contribution in [2.75, 3.05) is 11.6 Å². The summed E-state index contributed by atoms with van der Waals surface area (Å²) in [6.45, 7) is 4.96. The molecule has 11 heteroatoms. The van der Waals surface area contributed by atoms with Gasteiger partial charge in [-0.3, -0.25) is 4.79 Å². The minimum atomic E-state index is -4.83. The predicted octanol–water partition coefficient (Wildman–Crippen LogP) is 6.01. The van der Waals surface area contributed by atoms with Crippen LogP contribution >= 0.6 is 0 Å². The largest absolute Gasteiger partial charge is 0.437 e. The molecule has 0 saturated carbocycles. The standard InChI is InChI=1S/C23H23F3N4O3S/c1-13(2)17-10-5-6-11-18(17)33-22-19(14(3)20(29-30-22)23(24,25)26)21(31)28-15-8-7-9-16(12-15)34(4,27)32/h5-13,27H,1-4H3,(H,28,31). The molecule has 0 aliphatic rings. The van der Waals surface area contributed by atoms with Crippen LogP contribution in [0.25, 0.3) is 0 Å². The molecular weight excluding hydrogens is 469 g/mol. The molecule has 1 aromatic heterocycles. The van der Waals surface area contributed by atoms with Crippen molar-refractivity contribution >= 4 is 21.3 Å². The van der Waals surface area contributed by atoms with Crippen LogP contribution < -0.4 is 10.1 Å². The maximum Gasteiger partial charge on any atom is 0.435 e. The molecule has 7 nitrogen and oxygen atoms in total. The molecule has 34 heavy (non-hydrogen) atoms. The lowest BCUT2D eigenvalue weighted by Gasteiger charge is -2.18. The summed E-state index contributed by atoms with van der Waals surface area (Å²) in [5.41, 5.74) is -1.27. The van der Waals surface area contributed by atoms with E-state index < -0.39 is 38.6 Å². The molecule has 0 aliphatic carbocycles. The molecule has 0 fully saturated rings. The van der Waals surface area contributed by atoms with Gasteiger partial charge >= 0.3 is 6.18 Å². The number of hydrogen-bond acceptors (Lipinski definition) is 6. The Morgan fingerprint density at radius 1 is 1.12 bits per heavy atom. The van der Waals surface area contributed by atoms with Crippen molar-refractivity contribution in [3.05, 3.63) is 70.9 Å². The van der Waals surface area contributed by atoms with E-state index in [4.69, 9.17) is 9.52 Å². The first kappa shape index (κ1) is 25.2. The number of nitrogens with zero attached hydrogens (tertiary/aromatic N) is 2. The van der Waals surface area contributed by atoms with Gasteiger partial charge in [0.25, 0.3) is 11.8 Å². The van der Waals surface area contributed by atoms with E-state index in [-0.39, 0.29) is 22.4 Å². The Balaban J connectivity index is 2.10. The maximum atomic E-state index is 13.5. The van der Waals surface area contributed by atoms with Crippen LogP contribution in [0.3, 0.4) is 0 Å². The number of amides is 1. The minimum absolute atomic E-state index is 0.0356. The Hall–Kier alpha value is -3.47. The molecule has 3 aromatic rings. The van der Waals surface area contributed by atoms with Gasteiger partial charge in [-0.25, -0.2) is 8.99 Å². The number of alkyl halides is 3. The number of nitrogens with one attached hydrogen (secondary N) is 2. The molecule has 180 valence electrons. The molecule has 2 aromatic carbocycles. The summed E-state index contributed by atoms with van der Waals surface area (Å²) >= 11 is 0. The molecule has 0 spiro atoms. The van der Waals surface area contributed by atoms with Gasteiger partial charge in [-0.2, -0.15) is 13.2 Å². The normalized spacial score (nSPS) is 13.4. The first-order valence-corrected chi connectivity index (χ1v) is 12.1. The van der Waals surface area contributed by atoms with Crippen molar-refractivity contribution in [2.45, 2.75) is 37.8 Å². The first-order chi connectivity index (χ1) is 15.8. The zero-order valence-electron chi connectivity index (χ0n) is 18.9. The second kappa shape index (κ2) is 9.41. The van der Waals surface area contributed by atoms with Gasteiger partial charge in [0, 0.05) is 16.8 Å². The molecular formula is C23H23F3N4O3S. The summed E-state index contributed by atoms with van der Waals surface area (Å²) < 4.78 is 66.1. The van der Waals surface area contributed by atoms with Crippen molar-refractivity contribution in [1.82, 2.24) is 10.2 Å². The number of rotatable bonds is 6. The fourth-order valence-electron chi connectivity index (χ4n) is 3.27. The second-order valence-electron chi connectivity index (χ2n) is 7.97. The zero-order chi connectivity index (χ0) is 25.3. The zero-order valence-corrected chi connectivity index (χ0v) is 19.7. The lowest BCUT2D eigenvalue weighted by Crippen LogP contribution is -2.21. The number of carbonyl (C=O) groups is 1. The van der Waals surface area contributed by atoms with E-state index >= 15 is 0 Å². The lowest BCUT2D eigenvalue weighted by atomic mass is 10.0. The number of ether oxygens (including phenoxy) is 1. The highest BCUT2D eigenvalue weighted by molar-refractivity contribution is 7.91. The number of carbonyl (C=O) groups excluding carboxylic acids is 1. The third kappa shape index (κ3) is 5.53. The van der Waals surface area contributed by atoms with Crippen LogP contribution in [0.15, 0.2) is 53.4 Å². The van der Waals surface area contributed by atoms with Crippen LogP contribution in [0, 0.1) is 11.7 Å². The monoisotopic (exact) mass is 492 g/mol. The highest BCUT2D eigenvalue weighted by atomic mass is 32.2. The molecule has 1 atom stereocenters. The summed E-state index contributed by atoms with van der Waals surface area (Å²) in [5.74, 6) is -0.929. The fourth-order valence-corrected chi connectivity index (χ4v) is 3.96. The van der Waals surface area contributed by atoms with Crippen molar-refractivity contribution in [2.24, 2.45) is 0 Å². The number of hydrogen-bond donors (Lipinski definition) is 2. The summed E-state index contributed by atoms with van der Waals surface area (Å²) in [6.07, 6.45) is -3.61. The average molecular weight is 493 g/mol. The summed E-state index contributed by atoms with van der Waals surface area (Å²) in [6, 6.07) is 12.7. The topological polar surface area (TPSA) is 105 Å². The van der Waals surface area contributed by atoms with E-state index in [2.05, 4.69) is 15.5 Å². The van der Waals surface area contributed by atoms with Gasteiger partial charge < -0.3 is 10.1 Å². The number of para-hydroxylation sites is 1. The van der Waals surface area contributed by atoms with Crippen LogP contribution in [0.2, 0.25) is 0 Å². The third-order valence-electron chi connectivity index (χ3n) is 4.97. The number of halogens is 3. The fraction of sp³-hybridized carbons (Fsp3) is 0.261. The Labute approximate surface area is 195 Å². The quantitative estimate of drug-likeness (QED) is 0.439. The van der Waals surface area contributed by atoms with Crippen LogP contribution in [0.5, 0.6) is 11.6 Å². The van der Waals surface area contributed by atoms with Crippen molar-refractivity contribution in [1.29, 1.82) is 4.78 Å². The Morgan fingerprint density at radius 3 is 2.41 bits per heavy atom. The molecule has 0 saturated heterocycles.